The number of likely N-dealkylation sites (tertiary alicyclic amines) is 1. The van der Waals surface area contributed by atoms with Crippen LogP contribution in [0.2, 0.25) is 0 Å². The lowest BCUT2D eigenvalue weighted by molar-refractivity contribution is 0.0953. The van der Waals surface area contributed by atoms with Crippen LogP contribution in [0.3, 0.4) is 0 Å². The van der Waals surface area contributed by atoms with Crippen LogP contribution in [0.25, 0.3) is 0 Å². The fraction of sp³-hybridized carbons (Fsp3) is 0.571. The minimum absolute atomic E-state index is 0.227. The molecule has 3 rings (SSSR count). The molecule has 0 spiro atoms. The average molecular weight is 320 g/mol. The van der Waals surface area contributed by atoms with Gasteiger partial charge in [0.1, 0.15) is 5.82 Å². The molecule has 22 heavy (non-hydrogen) atoms. The van der Waals surface area contributed by atoms with Gasteiger partial charge in [0, 0.05) is 30.6 Å². The van der Waals surface area contributed by atoms with Crippen LogP contribution in [0.15, 0.2) is 12.3 Å². The molecular weight excluding hydrogens is 300 g/mol. The van der Waals surface area contributed by atoms with Gasteiger partial charge >= 0.3 is 0 Å². The zero-order chi connectivity index (χ0) is 15.4. The Morgan fingerprint density at radius 1 is 1.50 bits per heavy atom. The Kier molecular flexibility index (Phi) is 4.79. The lowest BCUT2D eigenvalue weighted by Gasteiger charge is -2.30. The van der Waals surface area contributed by atoms with Gasteiger partial charge in [-0.3, -0.25) is 9.89 Å². The number of H-pyrrole nitrogens is 1. The first-order valence-corrected chi connectivity index (χ1v) is 8.30. The minimum atomic E-state index is -0.246. The Hall–Kier alpha value is -1.80. The van der Waals surface area contributed by atoms with Crippen molar-refractivity contribution in [1.29, 1.82) is 0 Å². The van der Waals surface area contributed by atoms with Crippen molar-refractivity contribution in [3.8, 4) is 0 Å². The molecule has 0 aliphatic carbocycles. The number of hydrogen-bond acceptors (Lipinski definition) is 6. The molecule has 1 aliphatic heterocycles. The number of nitrogens with zero attached hydrogens (tertiary/aromatic N) is 4. The fourth-order valence-electron chi connectivity index (χ4n) is 2.74. The Labute approximate surface area is 133 Å². The molecule has 2 N–H and O–H groups in total. The highest BCUT2D eigenvalue weighted by molar-refractivity contribution is 7.05. The van der Waals surface area contributed by atoms with Crippen LogP contribution < -0.4 is 5.32 Å². The molecule has 0 atom stereocenters. The van der Waals surface area contributed by atoms with Crippen LogP contribution in [0.1, 0.15) is 40.1 Å². The smallest absolute Gasteiger partial charge is 0.290 e. The second-order valence-corrected chi connectivity index (χ2v) is 6.39. The lowest BCUT2D eigenvalue weighted by atomic mass is 9.96. The standard InChI is InChI=1S/C14H20N6OS/c1-15-14(21)13-17-12(18-19-13)10-3-7-20(8-4-10)9-5-11-2-6-16-22-11/h2,6,10H,3-5,7-9H2,1H3,(H,15,21)(H,17,18,19). The molecule has 1 fully saturated rings. The van der Waals surface area contributed by atoms with Crippen molar-refractivity contribution < 1.29 is 4.79 Å². The SMILES string of the molecule is CNC(=O)c1n[nH]c(C2CCN(CCc3ccns3)CC2)n1. The van der Waals surface area contributed by atoms with Gasteiger partial charge in [0.15, 0.2) is 0 Å². The van der Waals surface area contributed by atoms with Gasteiger partial charge in [-0.1, -0.05) is 0 Å². The number of hydrogen-bond donors (Lipinski definition) is 2. The topological polar surface area (TPSA) is 86.8 Å². The summed E-state index contributed by atoms with van der Waals surface area (Å²) in [6, 6.07) is 2.09. The van der Waals surface area contributed by atoms with E-state index in [4.69, 9.17) is 0 Å². The van der Waals surface area contributed by atoms with Gasteiger partial charge in [-0.25, -0.2) is 9.36 Å². The molecule has 1 saturated heterocycles. The summed E-state index contributed by atoms with van der Waals surface area (Å²) < 4.78 is 4.13. The number of amides is 1. The molecule has 1 amide bonds. The van der Waals surface area contributed by atoms with Gasteiger partial charge in [0.25, 0.3) is 5.91 Å². The highest BCUT2D eigenvalue weighted by Crippen LogP contribution is 2.25. The van der Waals surface area contributed by atoms with Crippen molar-refractivity contribution in [2.45, 2.75) is 25.2 Å². The van der Waals surface area contributed by atoms with Crippen LogP contribution in [0, 0.1) is 0 Å². The summed E-state index contributed by atoms with van der Waals surface area (Å²) in [6.07, 6.45) is 5.02. The predicted molar refractivity (Wildman–Crippen MR) is 84.0 cm³/mol. The van der Waals surface area contributed by atoms with Crippen molar-refractivity contribution in [2.75, 3.05) is 26.7 Å². The largest absolute Gasteiger partial charge is 0.352 e. The van der Waals surface area contributed by atoms with Gasteiger partial charge < -0.3 is 10.2 Å². The summed E-state index contributed by atoms with van der Waals surface area (Å²) in [6.45, 7) is 3.19. The number of rotatable bonds is 5. The van der Waals surface area contributed by atoms with E-state index in [2.05, 4.69) is 35.8 Å². The highest BCUT2D eigenvalue weighted by atomic mass is 32.1. The predicted octanol–water partition coefficient (Wildman–Crippen LogP) is 1.04. The molecule has 0 aromatic carbocycles. The molecule has 0 unspecified atom stereocenters. The number of aromatic nitrogens is 4. The van der Waals surface area contributed by atoms with E-state index >= 15 is 0 Å². The molecule has 0 radical (unpaired) electrons. The van der Waals surface area contributed by atoms with Gasteiger partial charge in [-0.2, -0.15) is 0 Å². The molecule has 0 bridgehead atoms. The third-order valence-electron chi connectivity index (χ3n) is 4.07. The van der Waals surface area contributed by atoms with Crippen LogP contribution in [0.5, 0.6) is 0 Å². The van der Waals surface area contributed by atoms with Crippen LogP contribution in [-0.2, 0) is 6.42 Å². The van der Waals surface area contributed by atoms with E-state index in [1.54, 1.807) is 18.6 Å². The molecular formula is C14H20N6OS. The third-order valence-corrected chi connectivity index (χ3v) is 4.87. The first-order chi connectivity index (χ1) is 10.8. The summed E-state index contributed by atoms with van der Waals surface area (Å²) in [7, 11) is 1.58. The minimum Gasteiger partial charge on any atom is -0.352 e. The summed E-state index contributed by atoms with van der Waals surface area (Å²) in [4.78, 5) is 19.6. The molecule has 8 heteroatoms. The summed E-state index contributed by atoms with van der Waals surface area (Å²) in [5.41, 5.74) is 0. The highest BCUT2D eigenvalue weighted by Gasteiger charge is 2.24. The quantitative estimate of drug-likeness (QED) is 0.860. The van der Waals surface area contributed by atoms with E-state index in [9.17, 15) is 4.79 Å². The lowest BCUT2D eigenvalue weighted by Crippen LogP contribution is -2.34. The van der Waals surface area contributed by atoms with E-state index in [-0.39, 0.29) is 11.7 Å². The fourth-order valence-corrected chi connectivity index (χ4v) is 3.30. The van der Waals surface area contributed by atoms with E-state index in [0.717, 1.165) is 44.7 Å². The number of carbonyl (C=O) groups is 1. The van der Waals surface area contributed by atoms with E-state index in [0.29, 0.717) is 5.92 Å². The van der Waals surface area contributed by atoms with E-state index in [1.807, 2.05) is 6.20 Å². The zero-order valence-corrected chi connectivity index (χ0v) is 13.4. The van der Waals surface area contributed by atoms with E-state index < -0.39 is 0 Å². The Morgan fingerprint density at radius 2 is 2.32 bits per heavy atom. The first-order valence-electron chi connectivity index (χ1n) is 7.52. The van der Waals surface area contributed by atoms with Gasteiger partial charge in [-0.05, 0) is 50.0 Å². The van der Waals surface area contributed by atoms with Crippen LogP contribution in [-0.4, -0.2) is 57.0 Å². The van der Waals surface area contributed by atoms with Gasteiger partial charge in [0.2, 0.25) is 5.82 Å². The van der Waals surface area contributed by atoms with Crippen molar-refractivity contribution in [1.82, 2.24) is 29.8 Å². The molecule has 3 heterocycles. The summed E-state index contributed by atoms with van der Waals surface area (Å²) in [5.74, 6) is 1.18. The van der Waals surface area contributed by atoms with Crippen LogP contribution >= 0.6 is 11.5 Å². The molecule has 1 aliphatic rings. The normalized spacial score (nSPS) is 16.8. The maximum Gasteiger partial charge on any atom is 0.290 e. The summed E-state index contributed by atoms with van der Waals surface area (Å²) >= 11 is 1.58. The van der Waals surface area contributed by atoms with Crippen molar-refractivity contribution >= 4 is 17.4 Å². The zero-order valence-electron chi connectivity index (χ0n) is 12.6. The second-order valence-electron chi connectivity index (χ2n) is 5.47. The maximum atomic E-state index is 11.5. The van der Waals surface area contributed by atoms with Crippen molar-refractivity contribution in [2.24, 2.45) is 0 Å². The monoisotopic (exact) mass is 320 g/mol. The second kappa shape index (κ2) is 6.97. The van der Waals surface area contributed by atoms with Crippen molar-refractivity contribution in [3.05, 3.63) is 28.8 Å². The Morgan fingerprint density at radius 3 is 3.00 bits per heavy atom. The van der Waals surface area contributed by atoms with Crippen molar-refractivity contribution in [3.63, 3.8) is 0 Å². The number of carbonyl (C=O) groups excluding carboxylic acids is 1. The number of aromatic amines is 1. The van der Waals surface area contributed by atoms with Gasteiger partial charge in [0.05, 0.1) is 0 Å². The molecule has 2 aromatic heterocycles. The molecule has 7 nitrogen and oxygen atoms in total. The first kappa shape index (κ1) is 15.1. The summed E-state index contributed by atoms with van der Waals surface area (Å²) in [5, 5.41) is 9.44. The number of piperidine rings is 1. The third kappa shape index (κ3) is 3.50. The Bertz CT molecular complexity index is 603. The maximum absolute atomic E-state index is 11.5. The molecule has 0 saturated carbocycles. The molecule has 118 valence electrons. The van der Waals surface area contributed by atoms with Gasteiger partial charge in [-0.15, -0.1) is 5.10 Å². The molecule has 2 aromatic rings. The average Bonchev–Trinajstić information content (AvgIpc) is 3.24. The number of nitrogens with one attached hydrogen (secondary N) is 2. The Balaban J connectivity index is 1.49. The van der Waals surface area contributed by atoms with E-state index in [1.165, 1.54) is 4.88 Å². The van der Waals surface area contributed by atoms with Crippen LogP contribution in [0.4, 0.5) is 0 Å².